The third kappa shape index (κ3) is 6.38. The standard InChI is InChI=1S/C68H49N/c1-67(2)62-33-19-17-31-56(62)58-39-37-54(44-64(58)67)69(55-38-40-59-57-32-18-20-34-63(57)68(65(59)45-55,52-27-11-5-12-28-52)53-29-13-6-14-30-53)66-60(48-24-9-4-10-25-48)42-51(46-21-7-3-8-22-46)43-61(66)50-36-35-47-23-15-16-26-49(47)41-50/h3-45H,1-2H3. The molecule has 0 saturated heterocycles. The van der Waals surface area contributed by atoms with Crippen LogP contribution in [0.15, 0.2) is 261 Å². The number of fused-ring (bicyclic) bond motifs is 7. The van der Waals surface area contributed by atoms with Crippen LogP contribution in [0.25, 0.3) is 66.4 Å². The molecular formula is C68H49N. The molecule has 69 heavy (non-hydrogen) atoms. The summed E-state index contributed by atoms with van der Waals surface area (Å²) in [6.45, 7) is 4.77. The summed E-state index contributed by atoms with van der Waals surface area (Å²) in [6.07, 6.45) is 0. The zero-order valence-electron chi connectivity index (χ0n) is 38.8. The largest absolute Gasteiger partial charge is 0.309 e. The van der Waals surface area contributed by atoms with Crippen molar-refractivity contribution in [1.29, 1.82) is 0 Å². The van der Waals surface area contributed by atoms with Gasteiger partial charge in [0.2, 0.25) is 0 Å². The first kappa shape index (κ1) is 40.7. The highest BCUT2D eigenvalue weighted by atomic mass is 15.1. The molecule has 0 atom stereocenters. The average Bonchev–Trinajstić information content (AvgIpc) is 3.84. The van der Waals surface area contributed by atoms with E-state index >= 15 is 0 Å². The Labute approximate surface area is 405 Å². The molecule has 0 unspecified atom stereocenters. The maximum atomic E-state index is 2.59. The average molecular weight is 880 g/mol. The summed E-state index contributed by atoms with van der Waals surface area (Å²) < 4.78 is 0. The minimum Gasteiger partial charge on any atom is -0.309 e. The molecule has 11 aromatic rings. The highest BCUT2D eigenvalue weighted by Crippen LogP contribution is 2.59. The fourth-order valence-corrected chi connectivity index (χ4v) is 11.9. The highest BCUT2D eigenvalue weighted by molar-refractivity contribution is 6.03. The molecule has 0 N–H and O–H groups in total. The first-order chi connectivity index (χ1) is 34.0. The number of nitrogens with zero attached hydrogens (tertiary/aromatic N) is 1. The molecule has 326 valence electrons. The van der Waals surface area contributed by atoms with Gasteiger partial charge in [-0.3, -0.25) is 0 Å². The van der Waals surface area contributed by atoms with Gasteiger partial charge in [-0.25, -0.2) is 0 Å². The molecule has 0 bridgehead atoms. The van der Waals surface area contributed by atoms with Crippen molar-refractivity contribution in [1.82, 2.24) is 0 Å². The lowest BCUT2D eigenvalue weighted by atomic mass is 9.67. The molecule has 1 heteroatoms. The second-order valence-corrected chi connectivity index (χ2v) is 19.2. The van der Waals surface area contributed by atoms with Crippen molar-refractivity contribution in [3.05, 3.63) is 294 Å². The highest BCUT2D eigenvalue weighted by Gasteiger charge is 2.46. The summed E-state index contributed by atoms with van der Waals surface area (Å²) in [5.41, 5.74) is 22.4. The lowest BCUT2D eigenvalue weighted by molar-refractivity contribution is 0.660. The van der Waals surface area contributed by atoms with Crippen molar-refractivity contribution in [2.24, 2.45) is 0 Å². The number of rotatable bonds is 8. The topological polar surface area (TPSA) is 3.24 Å². The van der Waals surface area contributed by atoms with E-state index in [1.54, 1.807) is 0 Å². The molecule has 0 fully saturated rings. The Morgan fingerprint density at radius 1 is 0.275 bits per heavy atom. The molecule has 0 amide bonds. The Bertz CT molecular complexity index is 3700. The molecule has 2 aliphatic carbocycles. The first-order valence-electron chi connectivity index (χ1n) is 24.2. The van der Waals surface area contributed by atoms with Crippen molar-refractivity contribution in [2.75, 3.05) is 4.90 Å². The molecule has 0 radical (unpaired) electrons. The fourth-order valence-electron chi connectivity index (χ4n) is 11.9. The lowest BCUT2D eigenvalue weighted by Crippen LogP contribution is -2.28. The summed E-state index contributed by atoms with van der Waals surface area (Å²) in [5, 5.41) is 2.43. The first-order valence-corrected chi connectivity index (χ1v) is 24.2. The zero-order valence-corrected chi connectivity index (χ0v) is 38.8. The Morgan fingerprint density at radius 2 is 0.739 bits per heavy atom. The summed E-state index contributed by atoms with van der Waals surface area (Å²) in [5.74, 6) is 0. The normalized spacial score (nSPS) is 13.6. The smallest absolute Gasteiger partial charge is 0.0714 e. The molecule has 0 heterocycles. The maximum Gasteiger partial charge on any atom is 0.0714 e. The van der Waals surface area contributed by atoms with Gasteiger partial charge in [-0.15, -0.1) is 0 Å². The quantitative estimate of drug-likeness (QED) is 0.147. The Balaban J connectivity index is 1.16. The van der Waals surface area contributed by atoms with Crippen LogP contribution in [0.5, 0.6) is 0 Å². The van der Waals surface area contributed by atoms with Gasteiger partial charge in [-0.1, -0.05) is 232 Å². The molecule has 2 aliphatic rings. The van der Waals surface area contributed by atoms with Gasteiger partial charge in [0.05, 0.1) is 11.1 Å². The van der Waals surface area contributed by atoms with Crippen LogP contribution in [0, 0.1) is 0 Å². The van der Waals surface area contributed by atoms with Crippen LogP contribution in [0.4, 0.5) is 17.1 Å². The van der Waals surface area contributed by atoms with E-state index in [4.69, 9.17) is 0 Å². The summed E-state index contributed by atoms with van der Waals surface area (Å²) in [7, 11) is 0. The number of benzene rings is 11. The molecule has 0 spiro atoms. The SMILES string of the molecule is CC1(C)c2ccccc2-c2ccc(N(c3ccc4c(c3)C(c3ccccc3)(c3ccccc3)c3ccccc3-4)c3c(-c4ccccc4)cc(-c4ccccc4)cc3-c3ccc4ccccc4c3)cc21. The van der Waals surface area contributed by atoms with E-state index in [9.17, 15) is 0 Å². The maximum absolute atomic E-state index is 2.59. The Kier molecular flexibility index (Phi) is 9.49. The van der Waals surface area contributed by atoms with Gasteiger partial charge in [0, 0.05) is 27.9 Å². The van der Waals surface area contributed by atoms with E-state index < -0.39 is 5.41 Å². The van der Waals surface area contributed by atoms with Crippen molar-refractivity contribution in [3.63, 3.8) is 0 Å². The van der Waals surface area contributed by atoms with Crippen LogP contribution in [0.3, 0.4) is 0 Å². The minimum absolute atomic E-state index is 0.205. The van der Waals surface area contributed by atoms with Crippen molar-refractivity contribution < 1.29 is 0 Å². The molecular weight excluding hydrogens is 831 g/mol. The number of hydrogen-bond donors (Lipinski definition) is 0. The monoisotopic (exact) mass is 879 g/mol. The van der Waals surface area contributed by atoms with Crippen LogP contribution in [-0.2, 0) is 10.8 Å². The second kappa shape index (κ2) is 16.1. The lowest BCUT2D eigenvalue weighted by Gasteiger charge is -2.36. The minimum atomic E-state index is -0.571. The van der Waals surface area contributed by atoms with Crippen molar-refractivity contribution in [3.8, 4) is 55.6 Å². The third-order valence-electron chi connectivity index (χ3n) is 15.1. The second-order valence-electron chi connectivity index (χ2n) is 19.2. The number of hydrogen-bond acceptors (Lipinski definition) is 1. The fraction of sp³-hybridized carbons (Fsp3) is 0.0588. The molecule has 0 saturated carbocycles. The molecule has 0 aromatic heterocycles. The predicted octanol–water partition coefficient (Wildman–Crippen LogP) is 18.0. The Hall–Kier alpha value is -8.52. The van der Waals surface area contributed by atoms with E-state index in [0.29, 0.717) is 0 Å². The molecule has 11 aromatic carbocycles. The van der Waals surface area contributed by atoms with Gasteiger partial charge < -0.3 is 4.90 Å². The van der Waals surface area contributed by atoms with Crippen molar-refractivity contribution >= 4 is 27.8 Å². The van der Waals surface area contributed by atoms with E-state index in [2.05, 4.69) is 280 Å². The van der Waals surface area contributed by atoms with E-state index in [1.807, 2.05) is 0 Å². The van der Waals surface area contributed by atoms with Crippen LogP contribution < -0.4 is 4.90 Å². The van der Waals surface area contributed by atoms with E-state index in [0.717, 1.165) is 39.3 Å². The summed E-state index contributed by atoms with van der Waals surface area (Å²) >= 11 is 0. The number of anilines is 3. The molecule has 1 nitrogen and oxygen atoms in total. The van der Waals surface area contributed by atoms with Crippen LogP contribution in [-0.4, -0.2) is 0 Å². The summed E-state index contributed by atoms with van der Waals surface area (Å²) in [4.78, 5) is 2.59. The van der Waals surface area contributed by atoms with Crippen molar-refractivity contribution in [2.45, 2.75) is 24.7 Å². The summed E-state index contributed by atoms with van der Waals surface area (Å²) in [6, 6.07) is 97.3. The van der Waals surface area contributed by atoms with E-state index in [1.165, 1.54) is 77.5 Å². The Morgan fingerprint density at radius 3 is 1.38 bits per heavy atom. The van der Waals surface area contributed by atoms with Gasteiger partial charge >= 0.3 is 0 Å². The molecule has 0 aliphatic heterocycles. The predicted molar refractivity (Wildman–Crippen MR) is 290 cm³/mol. The van der Waals surface area contributed by atoms with Gasteiger partial charge in [0.25, 0.3) is 0 Å². The molecule has 13 rings (SSSR count). The van der Waals surface area contributed by atoms with Gasteiger partial charge in [-0.2, -0.15) is 0 Å². The zero-order chi connectivity index (χ0) is 46.1. The van der Waals surface area contributed by atoms with Gasteiger partial charge in [-0.05, 0) is 131 Å². The van der Waals surface area contributed by atoms with Crippen LogP contribution in [0.1, 0.15) is 47.2 Å². The van der Waals surface area contributed by atoms with Crippen LogP contribution >= 0.6 is 0 Å². The van der Waals surface area contributed by atoms with Gasteiger partial charge in [0.1, 0.15) is 0 Å². The third-order valence-corrected chi connectivity index (χ3v) is 15.1. The van der Waals surface area contributed by atoms with Gasteiger partial charge in [0.15, 0.2) is 0 Å². The van der Waals surface area contributed by atoms with Crippen LogP contribution in [0.2, 0.25) is 0 Å². The van der Waals surface area contributed by atoms with E-state index in [-0.39, 0.29) is 5.41 Å².